The van der Waals surface area contributed by atoms with Gasteiger partial charge in [-0.25, -0.2) is 4.98 Å². The van der Waals surface area contributed by atoms with E-state index in [1.54, 1.807) is 17.0 Å². The monoisotopic (exact) mass is 309 g/mol. The second-order valence-electron chi connectivity index (χ2n) is 5.26. The topological polar surface area (TPSA) is 65.4 Å². The summed E-state index contributed by atoms with van der Waals surface area (Å²) in [6.45, 7) is 1.40. The first-order valence-corrected chi connectivity index (χ1v) is 7.39. The molecule has 0 spiro atoms. The van der Waals surface area contributed by atoms with Gasteiger partial charge in [-0.2, -0.15) is 0 Å². The molecule has 3 aromatic rings. The minimum absolute atomic E-state index is 0.0249. The Kier molecular flexibility index (Phi) is 3.34. The molecule has 116 valence electrons. The van der Waals surface area contributed by atoms with Crippen LogP contribution in [-0.2, 0) is 6.54 Å². The molecule has 2 heterocycles. The van der Waals surface area contributed by atoms with E-state index in [0.717, 1.165) is 22.7 Å². The van der Waals surface area contributed by atoms with Crippen LogP contribution < -0.4 is 20.3 Å². The van der Waals surface area contributed by atoms with E-state index in [0.29, 0.717) is 18.5 Å². The van der Waals surface area contributed by atoms with Crippen LogP contribution >= 0.6 is 0 Å². The number of aromatic nitrogens is 2. The molecular weight excluding hydrogens is 294 g/mol. The van der Waals surface area contributed by atoms with Crippen molar-refractivity contribution in [1.82, 2.24) is 9.55 Å². The standard InChI is InChI=1S/C17H15N3O3/c21-17-13-3-1-2-4-14(13)19-10-20(17)8-7-18-12-5-6-15-16(9-12)23-11-22-15/h1-6,9-10,18H,7-8,11H2. The Morgan fingerprint density at radius 2 is 2.00 bits per heavy atom. The summed E-state index contributed by atoms with van der Waals surface area (Å²) in [7, 11) is 0. The maximum Gasteiger partial charge on any atom is 0.261 e. The van der Waals surface area contributed by atoms with Gasteiger partial charge in [0, 0.05) is 24.8 Å². The van der Waals surface area contributed by atoms with Gasteiger partial charge in [0.2, 0.25) is 6.79 Å². The molecule has 1 aliphatic rings. The molecule has 1 N–H and O–H groups in total. The zero-order valence-electron chi connectivity index (χ0n) is 12.4. The maximum absolute atomic E-state index is 12.4. The minimum atomic E-state index is -0.0249. The predicted molar refractivity (Wildman–Crippen MR) is 87.1 cm³/mol. The van der Waals surface area contributed by atoms with Crippen LogP contribution in [0.15, 0.2) is 53.6 Å². The lowest BCUT2D eigenvalue weighted by atomic mass is 10.2. The fourth-order valence-electron chi connectivity index (χ4n) is 2.59. The molecule has 0 aliphatic carbocycles. The number of nitrogens with zero attached hydrogens (tertiary/aromatic N) is 2. The molecule has 6 nitrogen and oxygen atoms in total. The molecule has 0 unspecified atom stereocenters. The fraction of sp³-hybridized carbons (Fsp3) is 0.176. The average Bonchev–Trinajstić information content (AvgIpc) is 3.05. The molecule has 1 aliphatic heterocycles. The third kappa shape index (κ3) is 2.59. The second-order valence-corrected chi connectivity index (χ2v) is 5.26. The molecule has 0 fully saturated rings. The van der Waals surface area contributed by atoms with E-state index in [2.05, 4.69) is 10.3 Å². The number of fused-ring (bicyclic) bond motifs is 2. The van der Waals surface area contributed by atoms with Gasteiger partial charge < -0.3 is 14.8 Å². The van der Waals surface area contributed by atoms with Crippen molar-refractivity contribution in [1.29, 1.82) is 0 Å². The van der Waals surface area contributed by atoms with E-state index >= 15 is 0 Å². The first-order chi connectivity index (χ1) is 11.3. The summed E-state index contributed by atoms with van der Waals surface area (Å²) in [6, 6.07) is 13.0. The van der Waals surface area contributed by atoms with Crippen molar-refractivity contribution < 1.29 is 9.47 Å². The van der Waals surface area contributed by atoms with E-state index in [1.165, 1.54) is 0 Å². The molecule has 0 amide bonds. The van der Waals surface area contributed by atoms with Crippen LogP contribution in [-0.4, -0.2) is 22.9 Å². The number of ether oxygens (including phenoxy) is 2. The average molecular weight is 309 g/mol. The van der Waals surface area contributed by atoms with Crippen LogP contribution in [0.2, 0.25) is 0 Å². The zero-order chi connectivity index (χ0) is 15.6. The molecule has 6 heteroatoms. The van der Waals surface area contributed by atoms with Gasteiger partial charge in [0.05, 0.1) is 17.2 Å². The molecule has 0 atom stereocenters. The van der Waals surface area contributed by atoms with Gasteiger partial charge in [-0.05, 0) is 24.3 Å². The summed E-state index contributed by atoms with van der Waals surface area (Å²) in [5, 5.41) is 3.91. The minimum Gasteiger partial charge on any atom is -0.454 e. The van der Waals surface area contributed by atoms with E-state index in [1.807, 2.05) is 36.4 Å². The highest BCUT2D eigenvalue weighted by Crippen LogP contribution is 2.34. The number of benzene rings is 2. The third-order valence-corrected chi connectivity index (χ3v) is 3.79. The number of nitrogens with one attached hydrogen (secondary N) is 1. The van der Waals surface area contributed by atoms with Crippen molar-refractivity contribution in [3.05, 3.63) is 59.1 Å². The highest BCUT2D eigenvalue weighted by atomic mass is 16.7. The van der Waals surface area contributed by atoms with Crippen molar-refractivity contribution in [3.63, 3.8) is 0 Å². The third-order valence-electron chi connectivity index (χ3n) is 3.79. The molecule has 0 radical (unpaired) electrons. The molecule has 2 aromatic carbocycles. The number of hydrogen-bond acceptors (Lipinski definition) is 5. The van der Waals surface area contributed by atoms with Gasteiger partial charge in [-0.3, -0.25) is 9.36 Å². The summed E-state index contributed by atoms with van der Waals surface area (Å²) in [5.74, 6) is 1.49. The number of para-hydroxylation sites is 1. The van der Waals surface area contributed by atoms with Gasteiger partial charge in [0.25, 0.3) is 5.56 Å². The molecule has 0 saturated carbocycles. The Balaban J connectivity index is 1.47. The van der Waals surface area contributed by atoms with Gasteiger partial charge in [0.15, 0.2) is 11.5 Å². The summed E-state index contributed by atoms with van der Waals surface area (Å²) < 4.78 is 12.2. The SMILES string of the molecule is O=c1c2ccccc2ncn1CCNc1ccc2c(c1)OCO2. The van der Waals surface area contributed by atoms with Crippen molar-refractivity contribution >= 4 is 16.6 Å². The summed E-state index contributed by atoms with van der Waals surface area (Å²) in [5.41, 5.74) is 1.62. The van der Waals surface area contributed by atoms with Crippen molar-refractivity contribution in [2.75, 3.05) is 18.7 Å². The van der Waals surface area contributed by atoms with Gasteiger partial charge in [-0.15, -0.1) is 0 Å². The molecular formula is C17H15N3O3. The van der Waals surface area contributed by atoms with Crippen LogP contribution in [0.5, 0.6) is 11.5 Å². The normalized spacial score (nSPS) is 12.5. The second kappa shape index (κ2) is 5.64. The highest BCUT2D eigenvalue weighted by molar-refractivity contribution is 5.76. The summed E-state index contributed by atoms with van der Waals surface area (Å²) >= 11 is 0. The van der Waals surface area contributed by atoms with Crippen molar-refractivity contribution in [2.45, 2.75) is 6.54 Å². The van der Waals surface area contributed by atoms with Crippen molar-refractivity contribution in [3.8, 4) is 11.5 Å². The van der Waals surface area contributed by atoms with E-state index in [9.17, 15) is 4.79 Å². The quantitative estimate of drug-likeness (QED) is 0.800. The number of rotatable bonds is 4. The number of anilines is 1. The Hall–Kier alpha value is -3.02. The predicted octanol–water partition coefficient (Wildman–Crippen LogP) is 2.24. The van der Waals surface area contributed by atoms with Gasteiger partial charge >= 0.3 is 0 Å². The van der Waals surface area contributed by atoms with Crippen molar-refractivity contribution in [2.24, 2.45) is 0 Å². The van der Waals surface area contributed by atoms with Gasteiger partial charge in [-0.1, -0.05) is 12.1 Å². The number of hydrogen-bond donors (Lipinski definition) is 1. The smallest absolute Gasteiger partial charge is 0.261 e. The molecule has 0 saturated heterocycles. The Bertz CT molecular complexity index is 920. The van der Waals surface area contributed by atoms with E-state index < -0.39 is 0 Å². The lowest BCUT2D eigenvalue weighted by Gasteiger charge is -2.09. The molecule has 4 rings (SSSR count). The van der Waals surface area contributed by atoms with Crippen LogP contribution in [0, 0.1) is 0 Å². The van der Waals surface area contributed by atoms with Crippen LogP contribution in [0.4, 0.5) is 5.69 Å². The fourth-order valence-corrected chi connectivity index (χ4v) is 2.59. The van der Waals surface area contributed by atoms with Crippen LogP contribution in [0.1, 0.15) is 0 Å². The van der Waals surface area contributed by atoms with Gasteiger partial charge in [0.1, 0.15) is 0 Å². The van der Waals surface area contributed by atoms with Crippen LogP contribution in [0.3, 0.4) is 0 Å². The molecule has 23 heavy (non-hydrogen) atoms. The van der Waals surface area contributed by atoms with E-state index in [4.69, 9.17) is 9.47 Å². The molecule has 1 aromatic heterocycles. The van der Waals surface area contributed by atoms with Crippen LogP contribution in [0.25, 0.3) is 10.9 Å². The van der Waals surface area contributed by atoms with E-state index in [-0.39, 0.29) is 12.4 Å². The first-order valence-electron chi connectivity index (χ1n) is 7.39. The largest absolute Gasteiger partial charge is 0.454 e. The Morgan fingerprint density at radius 1 is 1.13 bits per heavy atom. The lowest BCUT2D eigenvalue weighted by molar-refractivity contribution is 0.174. The molecule has 0 bridgehead atoms. The first kappa shape index (κ1) is 13.6. The Labute approximate surface area is 132 Å². The maximum atomic E-state index is 12.4. The summed E-state index contributed by atoms with van der Waals surface area (Å²) in [6.07, 6.45) is 1.59. The highest BCUT2D eigenvalue weighted by Gasteiger charge is 2.12. The Morgan fingerprint density at radius 3 is 2.96 bits per heavy atom. The lowest BCUT2D eigenvalue weighted by Crippen LogP contribution is -2.24. The zero-order valence-corrected chi connectivity index (χ0v) is 12.4. The summed E-state index contributed by atoms with van der Waals surface area (Å²) in [4.78, 5) is 16.7.